The van der Waals surface area contributed by atoms with Crippen molar-refractivity contribution in [3.8, 4) is 66.8 Å². The zero-order valence-electron chi connectivity index (χ0n) is 35.1. The van der Waals surface area contributed by atoms with Crippen LogP contribution in [0, 0.1) is 20.8 Å². The van der Waals surface area contributed by atoms with Gasteiger partial charge in [-0.1, -0.05) is 179 Å². The number of hydrogen-bond donors (Lipinski definition) is 0. The molecule has 0 aromatic heterocycles. The molecule has 0 radical (unpaired) electrons. The summed E-state index contributed by atoms with van der Waals surface area (Å²) in [4.78, 5) is 0. The van der Waals surface area contributed by atoms with Crippen LogP contribution in [0.15, 0.2) is 164 Å². The highest BCUT2D eigenvalue weighted by Gasteiger charge is 2.37. The maximum atomic E-state index is 2.46. The van der Waals surface area contributed by atoms with Crippen LogP contribution in [-0.2, 0) is 10.8 Å². The van der Waals surface area contributed by atoms with Crippen molar-refractivity contribution in [2.24, 2.45) is 0 Å². The molecule has 0 saturated heterocycles. The molecule has 0 saturated carbocycles. The predicted molar refractivity (Wildman–Crippen MR) is 253 cm³/mol. The zero-order valence-corrected chi connectivity index (χ0v) is 35.1. The van der Waals surface area contributed by atoms with Crippen LogP contribution < -0.4 is 0 Å². The van der Waals surface area contributed by atoms with E-state index in [9.17, 15) is 0 Å². The maximum Gasteiger partial charge on any atom is 0.0159 e. The molecule has 0 atom stereocenters. The molecule has 0 fully saturated rings. The zero-order chi connectivity index (χ0) is 40.4. The fourth-order valence-corrected chi connectivity index (χ4v) is 11.1. The van der Waals surface area contributed by atoms with E-state index in [1.165, 1.54) is 127 Å². The van der Waals surface area contributed by atoms with Gasteiger partial charge in [0.25, 0.3) is 0 Å². The largest absolute Gasteiger partial charge is 0.0619 e. The second-order valence-corrected chi connectivity index (χ2v) is 18.3. The first kappa shape index (κ1) is 35.6. The lowest BCUT2D eigenvalue weighted by Crippen LogP contribution is -2.15. The van der Waals surface area contributed by atoms with E-state index in [0.717, 1.165) is 0 Å². The average molecular weight is 757 g/mol. The Kier molecular flexibility index (Phi) is 7.70. The van der Waals surface area contributed by atoms with Crippen LogP contribution in [-0.4, -0.2) is 0 Å². The molecule has 0 amide bonds. The first-order valence-electron chi connectivity index (χ1n) is 21.2. The topological polar surface area (TPSA) is 0 Å². The van der Waals surface area contributed by atoms with Gasteiger partial charge >= 0.3 is 0 Å². The lowest BCUT2D eigenvalue weighted by molar-refractivity contribution is 0.659. The summed E-state index contributed by atoms with van der Waals surface area (Å²) in [5.74, 6) is 0. The number of rotatable bonds is 4. The highest BCUT2D eigenvalue weighted by molar-refractivity contribution is 6.22. The van der Waals surface area contributed by atoms with Gasteiger partial charge in [0.05, 0.1) is 0 Å². The minimum absolute atomic E-state index is 0.0188. The van der Waals surface area contributed by atoms with E-state index >= 15 is 0 Å². The van der Waals surface area contributed by atoms with Gasteiger partial charge < -0.3 is 0 Å². The lowest BCUT2D eigenvalue weighted by Gasteiger charge is -2.23. The van der Waals surface area contributed by atoms with Crippen LogP contribution in [0.1, 0.15) is 66.6 Å². The smallest absolute Gasteiger partial charge is 0.0159 e. The van der Waals surface area contributed by atoms with E-state index in [-0.39, 0.29) is 10.8 Å². The molecule has 0 bridgehead atoms. The average Bonchev–Trinajstić information content (AvgIpc) is 3.61. The Labute approximate surface area is 348 Å². The molecule has 0 heterocycles. The monoisotopic (exact) mass is 756 g/mol. The van der Waals surface area contributed by atoms with Crippen molar-refractivity contribution in [2.45, 2.75) is 59.3 Å². The third kappa shape index (κ3) is 5.22. The Morgan fingerprint density at radius 2 is 0.644 bits per heavy atom. The molecule has 0 N–H and O–H groups in total. The molecule has 2 aliphatic rings. The number of benzene rings is 9. The summed E-state index contributed by atoms with van der Waals surface area (Å²) < 4.78 is 0. The highest BCUT2D eigenvalue weighted by Crippen LogP contribution is 2.53. The molecule has 11 rings (SSSR count). The van der Waals surface area contributed by atoms with E-state index < -0.39 is 0 Å². The summed E-state index contributed by atoms with van der Waals surface area (Å²) in [6.45, 7) is 16.2. The molecule has 59 heavy (non-hydrogen) atoms. The van der Waals surface area contributed by atoms with Crippen LogP contribution in [0.25, 0.3) is 88.3 Å². The van der Waals surface area contributed by atoms with Crippen molar-refractivity contribution < 1.29 is 0 Å². The molecule has 0 unspecified atom stereocenters. The Morgan fingerprint density at radius 1 is 0.288 bits per heavy atom. The number of aryl methyl sites for hydroxylation is 3. The molecule has 2 aliphatic carbocycles. The third-order valence-electron chi connectivity index (χ3n) is 14.0. The summed E-state index contributed by atoms with van der Waals surface area (Å²) in [5.41, 5.74) is 25.2. The van der Waals surface area contributed by atoms with Gasteiger partial charge in [-0.2, -0.15) is 0 Å². The van der Waals surface area contributed by atoms with Crippen LogP contribution in [0.5, 0.6) is 0 Å². The van der Waals surface area contributed by atoms with E-state index in [0.29, 0.717) is 0 Å². The molecule has 9 aromatic carbocycles. The molecule has 9 aromatic rings. The van der Waals surface area contributed by atoms with Gasteiger partial charge in [0.15, 0.2) is 0 Å². The quantitative estimate of drug-likeness (QED) is 0.157. The molecular formula is C59H48. The summed E-state index contributed by atoms with van der Waals surface area (Å²) in [7, 11) is 0. The molecule has 284 valence electrons. The molecule has 0 aliphatic heterocycles. The van der Waals surface area contributed by atoms with Crippen molar-refractivity contribution >= 4 is 21.5 Å². The van der Waals surface area contributed by atoms with Gasteiger partial charge in [-0.25, -0.2) is 0 Å². The lowest BCUT2D eigenvalue weighted by atomic mass is 9.80. The highest BCUT2D eigenvalue weighted by atomic mass is 14.4. The first-order valence-corrected chi connectivity index (χ1v) is 21.2. The normalized spacial score (nSPS) is 14.3. The SMILES string of the molecule is Cc1cc(C)c(-c2c3ccccc3c(-c3ccc(-c4ccc5c(c4)C(C)(C)c4cc(-c6ccc7c(c6)C(C)(C)c6ccccc6-7)ccc4-5)cc3)c3ccccc23)c(C)c1. The van der Waals surface area contributed by atoms with Crippen LogP contribution >= 0.6 is 0 Å². The van der Waals surface area contributed by atoms with Gasteiger partial charge in [0.2, 0.25) is 0 Å². The minimum Gasteiger partial charge on any atom is -0.0619 e. The molecule has 0 heteroatoms. The Balaban J connectivity index is 0.958. The summed E-state index contributed by atoms with van der Waals surface area (Å²) >= 11 is 0. The van der Waals surface area contributed by atoms with Crippen LogP contribution in [0.2, 0.25) is 0 Å². The van der Waals surface area contributed by atoms with Gasteiger partial charge in [-0.15, -0.1) is 0 Å². The molecular weight excluding hydrogens is 709 g/mol. The third-order valence-corrected chi connectivity index (χ3v) is 14.0. The minimum atomic E-state index is -0.128. The fourth-order valence-electron chi connectivity index (χ4n) is 11.1. The van der Waals surface area contributed by atoms with E-state index in [1.807, 2.05) is 0 Å². The van der Waals surface area contributed by atoms with Crippen molar-refractivity contribution in [3.05, 3.63) is 203 Å². The summed E-state index contributed by atoms with van der Waals surface area (Å²) in [5, 5.41) is 5.18. The van der Waals surface area contributed by atoms with Gasteiger partial charge in [0, 0.05) is 10.8 Å². The predicted octanol–water partition coefficient (Wildman–Crippen LogP) is 16.2. The van der Waals surface area contributed by atoms with Gasteiger partial charge in [-0.3, -0.25) is 0 Å². The van der Waals surface area contributed by atoms with Crippen molar-refractivity contribution in [2.75, 3.05) is 0 Å². The van der Waals surface area contributed by atoms with E-state index in [4.69, 9.17) is 0 Å². The Hall–Kier alpha value is -6.50. The van der Waals surface area contributed by atoms with E-state index in [2.05, 4.69) is 212 Å². The summed E-state index contributed by atoms with van der Waals surface area (Å²) in [6.07, 6.45) is 0. The van der Waals surface area contributed by atoms with Gasteiger partial charge in [-0.05, 0) is 161 Å². The Bertz CT molecular complexity index is 3140. The van der Waals surface area contributed by atoms with Crippen molar-refractivity contribution in [3.63, 3.8) is 0 Å². The second-order valence-electron chi connectivity index (χ2n) is 18.3. The van der Waals surface area contributed by atoms with Crippen LogP contribution in [0.3, 0.4) is 0 Å². The standard InChI is InChI=1S/C59H48/c1-35-30-36(2)55(37(3)31-35)57-49-17-10-8-15-47(49)56(48-16-9-11-18-50(48)57)39-22-20-38(21-23-39)40-24-27-45-46-29-26-42(34-54(46)59(6,7)53(45)32-40)41-25-28-44-43-14-12-13-19-51(43)58(4,5)52(44)33-41/h8-34H,1-7H3. The van der Waals surface area contributed by atoms with Gasteiger partial charge in [0.1, 0.15) is 0 Å². The fraction of sp³-hybridized carbons (Fsp3) is 0.153. The number of fused-ring (bicyclic) bond motifs is 8. The van der Waals surface area contributed by atoms with Crippen molar-refractivity contribution in [1.82, 2.24) is 0 Å². The maximum absolute atomic E-state index is 2.46. The number of hydrogen-bond acceptors (Lipinski definition) is 0. The van der Waals surface area contributed by atoms with Crippen molar-refractivity contribution in [1.29, 1.82) is 0 Å². The molecule has 0 nitrogen and oxygen atoms in total. The summed E-state index contributed by atoms with van der Waals surface area (Å²) in [6, 6.07) is 62.2. The Morgan fingerprint density at radius 3 is 1.14 bits per heavy atom. The second kappa shape index (κ2) is 12.7. The van der Waals surface area contributed by atoms with Crippen LogP contribution in [0.4, 0.5) is 0 Å². The molecule has 0 spiro atoms. The first-order chi connectivity index (χ1) is 28.5. The van der Waals surface area contributed by atoms with E-state index in [1.54, 1.807) is 0 Å².